The average Bonchev–Trinajstić information content (AvgIpc) is 3.03. The van der Waals surface area contributed by atoms with Gasteiger partial charge in [0, 0.05) is 37.4 Å². The van der Waals surface area contributed by atoms with Crippen LogP contribution in [0.25, 0.3) is 0 Å². The molecule has 26 heavy (non-hydrogen) atoms. The fourth-order valence-electron chi connectivity index (χ4n) is 4.39. The molecule has 2 atom stereocenters. The number of carboxylic acids is 1. The molecule has 142 valence electrons. The molecule has 2 aliphatic heterocycles. The lowest BCUT2D eigenvalue weighted by Crippen LogP contribution is -2.34. The Morgan fingerprint density at radius 2 is 1.81 bits per heavy atom. The minimum atomic E-state index is -0.725. The van der Waals surface area contributed by atoms with E-state index in [0.717, 1.165) is 43.7 Å². The van der Waals surface area contributed by atoms with Crippen LogP contribution >= 0.6 is 0 Å². The number of carboxylic acid groups (broad SMARTS) is 1. The maximum Gasteiger partial charge on any atom is 0.308 e. The molecule has 2 aliphatic rings. The smallest absolute Gasteiger partial charge is 0.308 e. The molecule has 0 spiro atoms. The summed E-state index contributed by atoms with van der Waals surface area (Å²) in [6, 6.07) is 7.66. The molecule has 3 rings (SSSR count). The van der Waals surface area contributed by atoms with Crippen LogP contribution in [0.1, 0.15) is 50.4 Å². The summed E-state index contributed by atoms with van der Waals surface area (Å²) in [6.45, 7) is 9.72. The second-order valence-electron chi connectivity index (χ2n) is 8.79. The van der Waals surface area contributed by atoms with Gasteiger partial charge in [0.2, 0.25) is 0 Å². The second kappa shape index (κ2) is 7.29. The summed E-state index contributed by atoms with van der Waals surface area (Å²) in [5.41, 5.74) is 2.00. The minimum Gasteiger partial charge on any atom is -0.481 e. The van der Waals surface area contributed by atoms with Gasteiger partial charge in [-0.25, -0.2) is 0 Å². The normalized spacial score (nSPS) is 25.8. The van der Waals surface area contributed by atoms with Gasteiger partial charge in [-0.3, -0.25) is 9.59 Å². The minimum absolute atomic E-state index is 0.103. The zero-order valence-electron chi connectivity index (χ0n) is 16.1. The number of likely N-dealkylation sites (tertiary alicyclic amines) is 1. The van der Waals surface area contributed by atoms with Crippen molar-refractivity contribution in [3.63, 3.8) is 0 Å². The van der Waals surface area contributed by atoms with Gasteiger partial charge in [-0.15, -0.1) is 0 Å². The van der Waals surface area contributed by atoms with E-state index in [-0.39, 0.29) is 17.2 Å². The van der Waals surface area contributed by atoms with Crippen LogP contribution < -0.4 is 4.90 Å². The number of hydrogen-bond acceptors (Lipinski definition) is 3. The number of aliphatic carboxylic acids is 1. The summed E-state index contributed by atoms with van der Waals surface area (Å²) in [6.07, 6.45) is 2.86. The van der Waals surface area contributed by atoms with Crippen molar-refractivity contribution < 1.29 is 14.7 Å². The largest absolute Gasteiger partial charge is 0.481 e. The van der Waals surface area contributed by atoms with Gasteiger partial charge in [0.05, 0.1) is 5.92 Å². The zero-order chi connectivity index (χ0) is 18.9. The highest BCUT2D eigenvalue weighted by Gasteiger charge is 2.30. The molecule has 2 saturated heterocycles. The third-order valence-corrected chi connectivity index (χ3v) is 5.80. The van der Waals surface area contributed by atoms with Crippen LogP contribution in [-0.4, -0.2) is 48.1 Å². The van der Waals surface area contributed by atoms with Crippen molar-refractivity contribution in [3.8, 4) is 0 Å². The number of benzene rings is 1. The van der Waals surface area contributed by atoms with Crippen molar-refractivity contribution >= 4 is 17.6 Å². The average molecular weight is 358 g/mol. The standard InChI is InChI=1S/C21H30N2O3/c1-15-12-21(2,3)9-11-23(13-15)19(24)16-4-6-18(7-5-16)22-10-8-17(14-22)20(25)26/h4-7,15,17H,8-14H2,1-3H3,(H,25,26). The lowest BCUT2D eigenvalue weighted by atomic mass is 9.82. The molecule has 0 aliphatic carbocycles. The van der Waals surface area contributed by atoms with E-state index in [2.05, 4.69) is 25.7 Å². The summed E-state index contributed by atoms with van der Waals surface area (Å²) in [7, 11) is 0. The van der Waals surface area contributed by atoms with Crippen LogP contribution in [0.3, 0.4) is 0 Å². The van der Waals surface area contributed by atoms with Gasteiger partial charge in [-0.1, -0.05) is 20.8 Å². The molecule has 1 amide bonds. The Kier molecular flexibility index (Phi) is 5.26. The molecule has 0 saturated carbocycles. The number of rotatable bonds is 3. The van der Waals surface area contributed by atoms with Crippen molar-refractivity contribution in [1.29, 1.82) is 0 Å². The Hall–Kier alpha value is -2.04. The predicted molar refractivity (Wildman–Crippen MR) is 102 cm³/mol. The summed E-state index contributed by atoms with van der Waals surface area (Å²) < 4.78 is 0. The first-order valence-electron chi connectivity index (χ1n) is 9.62. The van der Waals surface area contributed by atoms with Crippen LogP contribution in [0.5, 0.6) is 0 Å². The lowest BCUT2D eigenvalue weighted by molar-refractivity contribution is -0.140. The summed E-state index contributed by atoms with van der Waals surface area (Å²) in [5.74, 6) is -0.407. The number of hydrogen-bond donors (Lipinski definition) is 1. The molecule has 5 heteroatoms. The van der Waals surface area contributed by atoms with Crippen molar-refractivity contribution in [3.05, 3.63) is 29.8 Å². The molecule has 0 radical (unpaired) electrons. The van der Waals surface area contributed by atoms with Gasteiger partial charge in [0.15, 0.2) is 0 Å². The van der Waals surface area contributed by atoms with Crippen LogP contribution in [0, 0.1) is 17.3 Å². The van der Waals surface area contributed by atoms with Gasteiger partial charge in [0.25, 0.3) is 5.91 Å². The van der Waals surface area contributed by atoms with Crippen molar-refractivity contribution in [2.45, 2.75) is 40.0 Å². The number of anilines is 1. The number of carbonyl (C=O) groups is 2. The Balaban J connectivity index is 1.66. The summed E-state index contributed by atoms with van der Waals surface area (Å²) >= 11 is 0. The molecule has 1 aromatic rings. The zero-order valence-corrected chi connectivity index (χ0v) is 16.1. The van der Waals surface area contributed by atoms with Gasteiger partial charge < -0.3 is 14.9 Å². The first-order valence-corrected chi connectivity index (χ1v) is 9.62. The molecular weight excluding hydrogens is 328 g/mol. The van der Waals surface area contributed by atoms with E-state index in [1.807, 2.05) is 29.2 Å². The first-order chi connectivity index (χ1) is 12.2. The highest BCUT2D eigenvalue weighted by Crippen LogP contribution is 2.33. The van der Waals surface area contributed by atoms with Gasteiger partial charge in [-0.05, 0) is 54.9 Å². The predicted octanol–water partition coefficient (Wildman–Crippen LogP) is 3.50. The number of nitrogens with zero attached hydrogens (tertiary/aromatic N) is 2. The van der Waals surface area contributed by atoms with Crippen LogP contribution in [0.2, 0.25) is 0 Å². The van der Waals surface area contributed by atoms with Crippen LogP contribution in [0.4, 0.5) is 5.69 Å². The Labute approximate surface area is 156 Å². The van der Waals surface area contributed by atoms with Gasteiger partial charge in [-0.2, -0.15) is 0 Å². The molecular formula is C21H30N2O3. The Morgan fingerprint density at radius 1 is 1.12 bits per heavy atom. The van der Waals surface area contributed by atoms with Gasteiger partial charge >= 0.3 is 5.97 Å². The summed E-state index contributed by atoms with van der Waals surface area (Å²) in [5, 5.41) is 9.14. The number of amides is 1. The molecule has 5 nitrogen and oxygen atoms in total. The topological polar surface area (TPSA) is 60.9 Å². The van der Waals surface area contributed by atoms with Gasteiger partial charge in [0.1, 0.15) is 0 Å². The van der Waals surface area contributed by atoms with Crippen molar-refractivity contribution in [2.24, 2.45) is 17.3 Å². The molecule has 0 bridgehead atoms. The number of carbonyl (C=O) groups excluding carboxylic acids is 1. The van der Waals surface area contributed by atoms with E-state index < -0.39 is 5.97 Å². The quantitative estimate of drug-likeness (QED) is 0.898. The second-order valence-corrected chi connectivity index (χ2v) is 8.79. The Morgan fingerprint density at radius 3 is 2.42 bits per heavy atom. The molecule has 1 aromatic carbocycles. The highest BCUT2D eigenvalue weighted by molar-refractivity contribution is 5.94. The maximum atomic E-state index is 12.9. The van der Waals surface area contributed by atoms with E-state index in [0.29, 0.717) is 18.9 Å². The van der Waals surface area contributed by atoms with Crippen LogP contribution in [0.15, 0.2) is 24.3 Å². The molecule has 2 heterocycles. The molecule has 0 aromatic heterocycles. The van der Waals surface area contributed by atoms with E-state index in [4.69, 9.17) is 5.11 Å². The molecule has 2 unspecified atom stereocenters. The highest BCUT2D eigenvalue weighted by atomic mass is 16.4. The first kappa shape index (κ1) is 18.7. The van der Waals surface area contributed by atoms with E-state index in [9.17, 15) is 9.59 Å². The molecule has 1 N–H and O–H groups in total. The van der Waals surface area contributed by atoms with Crippen molar-refractivity contribution in [1.82, 2.24) is 4.90 Å². The maximum absolute atomic E-state index is 12.9. The monoisotopic (exact) mass is 358 g/mol. The van der Waals surface area contributed by atoms with Crippen LogP contribution in [-0.2, 0) is 4.79 Å². The summed E-state index contributed by atoms with van der Waals surface area (Å²) in [4.78, 5) is 28.1. The van der Waals surface area contributed by atoms with Crippen molar-refractivity contribution in [2.75, 3.05) is 31.1 Å². The SMILES string of the molecule is CC1CN(C(=O)c2ccc(N3CCC(C(=O)O)C3)cc2)CCC(C)(C)C1. The van der Waals surface area contributed by atoms with E-state index in [1.165, 1.54) is 0 Å². The third kappa shape index (κ3) is 4.19. The van der Waals surface area contributed by atoms with E-state index in [1.54, 1.807) is 0 Å². The molecule has 2 fully saturated rings. The Bertz CT molecular complexity index is 668. The fraction of sp³-hybridized carbons (Fsp3) is 0.619. The third-order valence-electron chi connectivity index (χ3n) is 5.80. The van der Waals surface area contributed by atoms with E-state index >= 15 is 0 Å². The lowest BCUT2D eigenvalue weighted by Gasteiger charge is -2.24. The fourth-order valence-corrected chi connectivity index (χ4v) is 4.39.